The number of fused-ring (bicyclic) bond motifs is 3. The number of para-hydroxylation sites is 1. The smallest absolute Gasteiger partial charge is 0.225 e. The van der Waals surface area contributed by atoms with Gasteiger partial charge in [-0.1, -0.05) is 18.2 Å². The maximum atomic E-state index is 12.6. The molecule has 2 fully saturated rings. The van der Waals surface area contributed by atoms with Gasteiger partial charge in [-0.25, -0.2) is 0 Å². The van der Waals surface area contributed by atoms with E-state index in [-0.39, 0.29) is 36.3 Å². The molecule has 4 rings (SSSR count). The largest absolute Gasteiger partial charge is 0.459 e. The van der Waals surface area contributed by atoms with Gasteiger partial charge in [0.15, 0.2) is 0 Å². The van der Waals surface area contributed by atoms with E-state index in [4.69, 9.17) is 10.2 Å². The Hall–Kier alpha value is -1.52. The van der Waals surface area contributed by atoms with Crippen molar-refractivity contribution >= 4 is 29.3 Å². The zero-order valence-electron chi connectivity index (χ0n) is 13.2. The van der Waals surface area contributed by atoms with E-state index in [1.165, 1.54) is 6.42 Å². The molecule has 5 atom stereocenters. The lowest BCUT2D eigenvalue weighted by atomic mass is 9.84. The van der Waals surface area contributed by atoms with Crippen molar-refractivity contribution in [1.82, 2.24) is 5.32 Å². The van der Waals surface area contributed by atoms with Crippen molar-refractivity contribution in [2.24, 2.45) is 23.5 Å². The van der Waals surface area contributed by atoms with Crippen molar-refractivity contribution in [3.63, 3.8) is 0 Å². The van der Waals surface area contributed by atoms with Crippen LogP contribution in [0.4, 0.5) is 0 Å². The van der Waals surface area contributed by atoms with E-state index in [0.29, 0.717) is 11.8 Å². The lowest BCUT2D eigenvalue weighted by molar-refractivity contribution is -0.127. The van der Waals surface area contributed by atoms with Crippen LogP contribution in [0.2, 0.25) is 0 Å². The highest BCUT2D eigenvalue weighted by atomic mass is 35.5. The van der Waals surface area contributed by atoms with Crippen molar-refractivity contribution in [3.8, 4) is 0 Å². The Morgan fingerprint density at radius 3 is 2.74 bits per heavy atom. The molecule has 2 aromatic rings. The van der Waals surface area contributed by atoms with Gasteiger partial charge in [0.05, 0.1) is 12.0 Å². The van der Waals surface area contributed by atoms with Crippen LogP contribution in [0.1, 0.15) is 38.0 Å². The predicted molar refractivity (Wildman–Crippen MR) is 92.3 cm³/mol. The number of nitrogens with two attached hydrogens (primary N) is 1. The first-order valence-electron chi connectivity index (χ1n) is 8.18. The third-order valence-electron chi connectivity index (χ3n) is 5.51. The van der Waals surface area contributed by atoms with E-state index < -0.39 is 0 Å². The van der Waals surface area contributed by atoms with Crippen LogP contribution in [0, 0.1) is 17.8 Å². The molecule has 2 saturated carbocycles. The predicted octanol–water partition coefficient (Wildman–Crippen LogP) is 3.41. The lowest BCUT2D eigenvalue weighted by Crippen LogP contribution is -2.45. The molecule has 124 valence electrons. The number of benzene rings is 1. The van der Waals surface area contributed by atoms with E-state index >= 15 is 0 Å². The molecule has 2 bridgehead atoms. The van der Waals surface area contributed by atoms with Crippen LogP contribution in [0.15, 0.2) is 34.7 Å². The van der Waals surface area contributed by atoms with Gasteiger partial charge in [0, 0.05) is 11.4 Å². The normalized spacial score (nSPS) is 30.2. The number of halogens is 1. The van der Waals surface area contributed by atoms with Crippen LogP contribution in [0.5, 0.6) is 0 Å². The first-order valence-corrected chi connectivity index (χ1v) is 8.18. The third-order valence-corrected chi connectivity index (χ3v) is 5.51. The summed E-state index contributed by atoms with van der Waals surface area (Å²) < 4.78 is 5.84. The zero-order valence-corrected chi connectivity index (χ0v) is 14.0. The van der Waals surface area contributed by atoms with E-state index in [9.17, 15) is 4.79 Å². The average Bonchev–Trinajstić information content (AvgIpc) is 3.20. The molecule has 0 radical (unpaired) electrons. The molecule has 4 nitrogen and oxygen atoms in total. The molecule has 5 heteroatoms. The first kappa shape index (κ1) is 16.3. The summed E-state index contributed by atoms with van der Waals surface area (Å²) in [5, 5.41) is 4.17. The molecular weight excluding hydrogens is 312 g/mol. The molecular formula is C18H23ClN2O2. The fourth-order valence-corrected chi connectivity index (χ4v) is 4.32. The standard InChI is InChI=1S/C18H22N2O2.ClH/c1-10(15-9-11-4-2-3-5-14(11)22-15)20-18(21)16-12-6-7-13(8-12)17(16)19;/h2-5,9-10,12-13,16-17H,6-8,19H2,1H3,(H,20,21);1H. The summed E-state index contributed by atoms with van der Waals surface area (Å²) in [6.07, 6.45) is 3.46. The summed E-state index contributed by atoms with van der Waals surface area (Å²) in [6, 6.07) is 9.79. The highest BCUT2D eigenvalue weighted by Crippen LogP contribution is 2.47. The van der Waals surface area contributed by atoms with Crippen LogP contribution in [-0.2, 0) is 4.79 Å². The molecule has 2 aliphatic rings. The molecule has 23 heavy (non-hydrogen) atoms. The minimum absolute atomic E-state index is 0. The number of furan rings is 1. The monoisotopic (exact) mass is 334 g/mol. The topological polar surface area (TPSA) is 68.3 Å². The number of hydrogen-bond acceptors (Lipinski definition) is 3. The number of hydrogen-bond donors (Lipinski definition) is 2. The number of amides is 1. The van der Waals surface area contributed by atoms with Gasteiger partial charge in [-0.05, 0) is 50.2 Å². The third kappa shape index (κ3) is 2.74. The number of rotatable bonds is 3. The Morgan fingerprint density at radius 2 is 2.04 bits per heavy atom. The molecule has 5 unspecified atom stereocenters. The van der Waals surface area contributed by atoms with E-state index in [1.54, 1.807) is 0 Å². The second-order valence-corrected chi connectivity index (χ2v) is 6.85. The van der Waals surface area contributed by atoms with Crippen LogP contribution in [0.25, 0.3) is 11.0 Å². The molecule has 1 aromatic carbocycles. The summed E-state index contributed by atoms with van der Waals surface area (Å²) in [5.41, 5.74) is 7.11. The van der Waals surface area contributed by atoms with Gasteiger partial charge in [0.1, 0.15) is 11.3 Å². The summed E-state index contributed by atoms with van der Waals surface area (Å²) in [5.74, 6) is 1.88. The molecule has 1 aromatic heterocycles. The molecule has 1 amide bonds. The average molecular weight is 335 g/mol. The Bertz CT molecular complexity index is 679. The summed E-state index contributed by atoms with van der Waals surface area (Å²) in [4.78, 5) is 12.6. The molecule has 2 aliphatic carbocycles. The molecule has 1 heterocycles. The van der Waals surface area contributed by atoms with Crippen molar-refractivity contribution in [3.05, 3.63) is 36.1 Å². The van der Waals surface area contributed by atoms with Gasteiger partial charge >= 0.3 is 0 Å². The molecule has 0 aliphatic heterocycles. The highest BCUT2D eigenvalue weighted by Gasteiger charge is 2.49. The quantitative estimate of drug-likeness (QED) is 0.903. The zero-order chi connectivity index (χ0) is 15.3. The van der Waals surface area contributed by atoms with Crippen molar-refractivity contribution in [2.45, 2.75) is 38.3 Å². The van der Waals surface area contributed by atoms with Crippen LogP contribution < -0.4 is 11.1 Å². The van der Waals surface area contributed by atoms with Gasteiger partial charge in [-0.2, -0.15) is 0 Å². The van der Waals surface area contributed by atoms with E-state index in [1.807, 2.05) is 37.3 Å². The highest BCUT2D eigenvalue weighted by molar-refractivity contribution is 5.85. The Labute approximate surface area is 142 Å². The summed E-state index contributed by atoms with van der Waals surface area (Å²) >= 11 is 0. The SMILES string of the molecule is CC(NC(=O)C1C2CCC(C2)C1N)c1cc2ccccc2o1.Cl. The van der Waals surface area contributed by atoms with Crippen molar-refractivity contribution < 1.29 is 9.21 Å². The lowest BCUT2D eigenvalue weighted by Gasteiger charge is -2.28. The molecule has 3 N–H and O–H groups in total. The van der Waals surface area contributed by atoms with E-state index in [0.717, 1.165) is 29.6 Å². The van der Waals surface area contributed by atoms with Gasteiger partial charge < -0.3 is 15.5 Å². The van der Waals surface area contributed by atoms with Gasteiger partial charge in [-0.15, -0.1) is 12.4 Å². The Morgan fingerprint density at radius 1 is 1.30 bits per heavy atom. The second-order valence-electron chi connectivity index (χ2n) is 6.85. The fraction of sp³-hybridized carbons (Fsp3) is 0.500. The summed E-state index contributed by atoms with van der Waals surface area (Å²) in [6.45, 7) is 1.97. The fourth-order valence-electron chi connectivity index (χ4n) is 4.32. The van der Waals surface area contributed by atoms with Crippen LogP contribution in [0.3, 0.4) is 0 Å². The van der Waals surface area contributed by atoms with Crippen LogP contribution in [-0.4, -0.2) is 11.9 Å². The van der Waals surface area contributed by atoms with Gasteiger partial charge in [-0.3, -0.25) is 4.79 Å². The Kier molecular flexibility index (Phi) is 4.39. The van der Waals surface area contributed by atoms with Crippen molar-refractivity contribution in [2.75, 3.05) is 0 Å². The number of nitrogens with one attached hydrogen (secondary N) is 1. The maximum Gasteiger partial charge on any atom is 0.225 e. The Balaban J connectivity index is 0.00000156. The second kappa shape index (κ2) is 6.17. The number of carbonyl (C=O) groups excluding carboxylic acids is 1. The maximum absolute atomic E-state index is 12.6. The molecule has 0 spiro atoms. The van der Waals surface area contributed by atoms with Gasteiger partial charge in [0.2, 0.25) is 5.91 Å². The minimum atomic E-state index is -0.133. The van der Waals surface area contributed by atoms with Crippen LogP contribution >= 0.6 is 12.4 Å². The first-order chi connectivity index (χ1) is 10.6. The van der Waals surface area contributed by atoms with Crippen molar-refractivity contribution in [1.29, 1.82) is 0 Å². The van der Waals surface area contributed by atoms with E-state index in [2.05, 4.69) is 5.32 Å². The minimum Gasteiger partial charge on any atom is -0.459 e. The summed E-state index contributed by atoms with van der Waals surface area (Å²) in [7, 11) is 0. The molecule has 0 saturated heterocycles. The van der Waals surface area contributed by atoms with Gasteiger partial charge in [0.25, 0.3) is 0 Å². The number of carbonyl (C=O) groups is 1.